The van der Waals surface area contributed by atoms with Gasteiger partial charge in [0.15, 0.2) is 11.5 Å². The van der Waals surface area contributed by atoms with E-state index in [9.17, 15) is 14.0 Å². The van der Waals surface area contributed by atoms with Crippen molar-refractivity contribution in [2.24, 2.45) is 0 Å². The molecule has 8 heteroatoms. The van der Waals surface area contributed by atoms with E-state index in [1.807, 2.05) is 6.92 Å². The van der Waals surface area contributed by atoms with Gasteiger partial charge < -0.3 is 9.47 Å². The fourth-order valence-corrected chi connectivity index (χ4v) is 4.06. The van der Waals surface area contributed by atoms with Gasteiger partial charge in [-0.1, -0.05) is 34.1 Å². The quantitative estimate of drug-likeness (QED) is 0.482. The summed E-state index contributed by atoms with van der Waals surface area (Å²) in [6.45, 7) is 4.38. The molecular weight excluding hydrogens is 461 g/mol. The third kappa shape index (κ3) is 4.82. The number of halogens is 2. The summed E-state index contributed by atoms with van der Waals surface area (Å²) in [7, 11) is 0. The molecule has 0 saturated carbocycles. The molecule has 0 bridgehead atoms. The lowest BCUT2D eigenvalue weighted by Gasteiger charge is -2.14. The van der Waals surface area contributed by atoms with Crippen LogP contribution >= 0.6 is 27.7 Å². The molecule has 2 aromatic rings. The summed E-state index contributed by atoms with van der Waals surface area (Å²) in [5.41, 5.74) is 1.11. The number of likely N-dealkylation sites (N-methyl/N-ethyl adjacent to an activating group) is 1. The van der Waals surface area contributed by atoms with Gasteiger partial charge in [0, 0.05) is 16.6 Å². The molecule has 1 heterocycles. The number of ether oxygens (including phenoxy) is 2. The first kappa shape index (κ1) is 21.4. The molecule has 1 saturated heterocycles. The van der Waals surface area contributed by atoms with Crippen LogP contribution < -0.4 is 9.47 Å². The number of imide groups is 1. The third-order valence-electron chi connectivity index (χ3n) is 4.18. The summed E-state index contributed by atoms with van der Waals surface area (Å²) in [6, 6.07) is 9.84. The maximum Gasteiger partial charge on any atom is 0.293 e. The predicted octanol–water partition coefficient (Wildman–Crippen LogP) is 5.62. The summed E-state index contributed by atoms with van der Waals surface area (Å²) in [6.07, 6.45) is 1.65. The highest BCUT2D eigenvalue weighted by Gasteiger charge is 2.33. The Hall–Kier alpha value is -2.32. The first-order valence-electron chi connectivity index (χ1n) is 9.02. The van der Waals surface area contributed by atoms with Gasteiger partial charge in [-0.3, -0.25) is 14.5 Å². The van der Waals surface area contributed by atoms with Gasteiger partial charge in [-0.2, -0.15) is 0 Å². The number of carbonyl (C=O) groups excluding carboxylic acids is 2. The number of nitrogens with zero attached hydrogens (tertiary/aromatic N) is 1. The number of hydrogen-bond donors (Lipinski definition) is 0. The summed E-state index contributed by atoms with van der Waals surface area (Å²) >= 11 is 4.38. The fraction of sp³-hybridized carbons (Fsp3) is 0.238. The van der Waals surface area contributed by atoms with E-state index in [-0.39, 0.29) is 23.6 Å². The molecule has 0 aromatic heterocycles. The minimum absolute atomic E-state index is 0.0495. The van der Waals surface area contributed by atoms with E-state index in [0.717, 1.165) is 11.8 Å². The Balaban J connectivity index is 1.88. The minimum atomic E-state index is -0.340. The standard InChI is InChI=1S/C21H19BrFNO4S/c1-3-24-20(25)19(29-21(24)26)10-14-9-17(27-4-2)18(11-15(14)22)28-12-13-7-5-6-8-16(13)23/h5-11H,3-4,12H2,1-2H3/b19-10+. The Morgan fingerprint density at radius 1 is 1.14 bits per heavy atom. The van der Waals surface area contributed by atoms with E-state index in [0.29, 0.717) is 45.2 Å². The highest BCUT2D eigenvalue weighted by atomic mass is 79.9. The summed E-state index contributed by atoms with van der Waals surface area (Å²) < 4.78 is 26.0. The van der Waals surface area contributed by atoms with Crippen LogP contribution in [0.2, 0.25) is 0 Å². The first-order valence-corrected chi connectivity index (χ1v) is 10.6. The lowest BCUT2D eigenvalue weighted by atomic mass is 10.1. The molecule has 29 heavy (non-hydrogen) atoms. The van der Waals surface area contributed by atoms with E-state index >= 15 is 0 Å². The van der Waals surface area contributed by atoms with Gasteiger partial charge in [0.05, 0.1) is 11.5 Å². The lowest BCUT2D eigenvalue weighted by Crippen LogP contribution is -2.27. The molecule has 1 aliphatic heterocycles. The zero-order valence-electron chi connectivity index (χ0n) is 15.9. The van der Waals surface area contributed by atoms with Crippen molar-refractivity contribution in [2.45, 2.75) is 20.5 Å². The number of carbonyl (C=O) groups is 2. The van der Waals surface area contributed by atoms with E-state index in [4.69, 9.17) is 9.47 Å². The van der Waals surface area contributed by atoms with Crippen LogP contribution in [0.4, 0.5) is 9.18 Å². The van der Waals surface area contributed by atoms with Crippen molar-refractivity contribution in [2.75, 3.05) is 13.2 Å². The van der Waals surface area contributed by atoms with Crippen LogP contribution in [0.5, 0.6) is 11.5 Å². The highest BCUT2D eigenvalue weighted by Crippen LogP contribution is 2.38. The van der Waals surface area contributed by atoms with Gasteiger partial charge in [-0.05, 0) is 55.4 Å². The zero-order chi connectivity index (χ0) is 21.0. The van der Waals surface area contributed by atoms with Gasteiger partial charge in [0.2, 0.25) is 0 Å². The molecule has 0 N–H and O–H groups in total. The molecule has 2 amide bonds. The lowest BCUT2D eigenvalue weighted by molar-refractivity contribution is -0.122. The van der Waals surface area contributed by atoms with Crippen LogP contribution in [0.1, 0.15) is 25.0 Å². The Labute approximate surface area is 181 Å². The second kappa shape index (κ2) is 9.45. The summed E-state index contributed by atoms with van der Waals surface area (Å²) in [5.74, 6) is 0.258. The zero-order valence-corrected chi connectivity index (χ0v) is 18.3. The number of rotatable bonds is 7. The Kier molecular flexibility index (Phi) is 6.97. The number of thioether (sulfide) groups is 1. The van der Waals surface area contributed by atoms with Crippen LogP contribution in [-0.4, -0.2) is 29.2 Å². The second-order valence-corrected chi connectivity index (χ2v) is 7.91. The molecule has 0 radical (unpaired) electrons. The summed E-state index contributed by atoms with van der Waals surface area (Å²) in [4.78, 5) is 25.8. The monoisotopic (exact) mass is 479 g/mol. The maximum atomic E-state index is 13.8. The Morgan fingerprint density at radius 3 is 2.52 bits per heavy atom. The van der Waals surface area contributed by atoms with Crippen LogP contribution in [0, 0.1) is 5.82 Å². The Morgan fingerprint density at radius 2 is 1.86 bits per heavy atom. The fourth-order valence-electron chi connectivity index (χ4n) is 2.73. The van der Waals surface area contributed by atoms with Crippen LogP contribution in [0.25, 0.3) is 6.08 Å². The normalized spacial score (nSPS) is 15.3. The largest absolute Gasteiger partial charge is 0.490 e. The third-order valence-corrected chi connectivity index (χ3v) is 5.77. The molecule has 0 spiro atoms. The molecule has 0 aliphatic carbocycles. The van der Waals surface area contributed by atoms with Gasteiger partial charge in [0.25, 0.3) is 11.1 Å². The molecule has 2 aromatic carbocycles. The number of amides is 2. The van der Waals surface area contributed by atoms with E-state index < -0.39 is 0 Å². The van der Waals surface area contributed by atoms with Crippen LogP contribution in [-0.2, 0) is 11.4 Å². The maximum absolute atomic E-state index is 13.8. The van der Waals surface area contributed by atoms with Crippen molar-refractivity contribution >= 4 is 44.9 Å². The van der Waals surface area contributed by atoms with Crippen molar-refractivity contribution in [1.29, 1.82) is 0 Å². The topological polar surface area (TPSA) is 55.8 Å². The molecule has 5 nitrogen and oxygen atoms in total. The number of hydrogen-bond acceptors (Lipinski definition) is 5. The molecule has 0 atom stereocenters. The van der Waals surface area contributed by atoms with E-state index in [1.54, 1.807) is 43.3 Å². The second-order valence-electron chi connectivity index (χ2n) is 6.06. The molecule has 3 rings (SSSR count). The average Bonchev–Trinajstić information content (AvgIpc) is 2.96. The van der Waals surface area contributed by atoms with Crippen molar-refractivity contribution in [3.8, 4) is 11.5 Å². The molecular formula is C21H19BrFNO4S. The van der Waals surface area contributed by atoms with Gasteiger partial charge in [-0.15, -0.1) is 0 Å². The molecule has 1 aliphatic rings. The molecule has 152 valence electrons. The highest BCUT2D eigenvalue weighted by molar-refractivity contribution is 9.10. The SMILES string of the molecule is CCOc1cc(/C=C2/SC(=O)N(CC)C2=O)c(Br)cc1OCc1ccccc1F. The van der Waals surface area contributed by atoms with Crippen LogP contribution in [0.15, 0.2) is 45.8 Å². The van der Waals surface area contributed by atoms with Crippen molar-refractivity contribution < 1.29 is 23.5 Å². The number of benzene rings is 2. The minimum Gasteiger partial charge on any atom is -0.490 e. The van der Waals surface area contributed by atoms with Crippen molar-refractivity contribution in [1.82, 2.24) is 4.90 Å². The van der Waals surface area contributed by atoms with Crippen LogP contribution in [0.3, 0.4) is 0 Å². The first-order chi connectivity index (χ1) is 13.9. The Bertz CT molecular complexity index is 979. The van der Waals surface area contributed by atoms with Gasteiger partial charge >= 0.3 is 0 Å². The van der Waals surface area contributed by atoms with Crippen molar-refractivity contribution in [3.63, 3.8) is 0 Å². The van der Waals surface area contributed by atoms with Crippen molar-refractivity contribution in [3.05, 3.63) is 62.7 Å². The van der Waals surface area contributed by atoms with E-state index in [2.05, 4.69) is 15.9 Å². The van der Waals surface area contributed by atoms with E-state index in [1.165, 1.54) is 11.0 Å². The van der Waals surface area contributed by atoms with Gasteiger partial charge in [0.1, 0.15) is 12.4 Å². The smallest absolute Gasteiger partial charge is 0.293 e. The molecule has 0 unspecified atom stereocenters. The average molecular weight is 480 g/mol. The predicted molar refractivity (Wildman–Crippen MR) is 114 cm³/mol. The molecule has 1 fully saturated rings. The van der Waals surface area contributed by atoms with Gasteiger partial charge in [-0.25, -0.2) is 4.39 Å². The summed E-state index contributed by atoms with van der Waals surface area (Å²) in [5, 5.41) is -0.283.